The lowest BCUT2D eigenvalue weighted by Gasteiger charge is -2.18. The van der Waals surface area contributed by atoms with E-state index in [0.29, 0.717) is 12.5 Å². The Morgan fingerprint density at radius 2 is 1.95 bits per heavy atom. The summed E-state index contributed by atoms with van der Waals surface area (Å²) in [6.45, 7) is 6.11. The van der Waals surface area contributed by atoms with Gasteiger partial charge in [0.15, 0.2) is 0 Å². The maximum atomic E-state index is 13.4. The van der Waals surface area contributed by atoms with Crippen molar-refractivity contribution in [2.45, 2.75) is 32.1 Å². The zero-order chi connectivity index (χ0) is 15.6. The standard InChI is InChI=1S/C12H17FN2O4S/c1-12(2,3)6-7-14-20(18,19)9-4-5-11(15(16)17)10(13)8-9/h4-5,8,14H,6-7H2,1-3H3. The second-order valence-corrected chi connectivity index (χ2v) is 7.35. The molecule has 6 nitrogen and oxygen atoms in total. The Hall–Kier alpha value is -1.54. The van der Waals surface area contributed by atoms with Gasteiger partial charge in [-0.1, -0.05) is 20.8 Å². The van der Waals surface area contributed by atoms with Gasteiger partial charge in [-0.05, 0) is 17.9 Å². The van der Waals surface area contributed by atoms with Crippen LogP contribution in [0.3, 0.4) is 0 Å². The van der Waals surface area contributed by atoms with Crippen LogP contribution in [0.4, 0.5) is 10.1 Å². The number of rotatable bonds is 5. The Labute approximate surface area is 117 Å². The molecule has 1 aromatic rings. The number of nitro benzene ring substituents is 1. The van der Waals surface area contributed by atoms with Crippen molar-refractivity contribution in [2.24, 2.45) is 5.41 Å². The molecule has 0 saturated heterocycles. The van der Waals surface area contributed by atoms with E-state index in [-0.39, 0.29) is 16.9 Å². The number of hydrogen-bond acceptors (Lipinski definition) is 4. The van der Waals surface area contributed by atoms with Crippen LogP contribution < -0.4 is 4.72 Å². The summed E-state index contributed by atoms with van der Waals surface area (Å²) in [6.07, 6.45) is 0.613. The maximum absolute atomic E-state index is 13.4. The highest BCUT2D eigenvalue weighted by atomic mass is 32.2. The molecule has 0 aliphatic heterocycles. The minimum atomic E-state index is -3.86. The number of sulfonamides is 1. The Morgan fingerprint density at radius 1 is 1.35 bits per heavy atom. The van der Waals surface area contributed by atoms with E-state index in [9.17, 15) is 22.9 Å². The Bertz CT molecular complexity index is 608. The average molecular weight is 304 g/mol. The van der Waals surface area contributed by atoms with Crippen molar-refractivity contribution in [2.75, 3.05) is 6.54 Å². The fraction of sp³-hybridized carbons (Fsp3) is 0.500. The highest BCUT2D eigenvalue weighted by Crippen LogP contribution is 2.21. The number of nitrogens with zero attached hydrogens (tertiary/aromatic N) is 1. The molecule has 0 spiro atoms. The van der Waals surface area contributed by atoms with Crippen LogP contribution in [0, 0.1) is 21.3 Å². The van der Waals surface area contributed by atoms with Crippen LogP contribution in [0.15, 0.2) is 23.1 Å². The van der Waals surface area contributed by atoms with Crippen molar-refractivity contribution >= 4 is 15.7 Å². The first kappa shape index (κ1) is 16.5. The fourth-order valence-electron chi connectivity index (χ4n) is 1.45. The summed E-state index contributed by atoms with van der Waals surface area (Å²) < 4.78 is 39.6. The van der Waals surface area contributed by atoms with Gasteiger partial charge in [0.1, 0.15) is 0 Å². The first-order valence-electron chi connectivity index (χ1n) is 5.96. The van der Waals surface area contributed by atoms with Crippen molar-refractivity contribution < 1.29 is 17.7 Å². The van der Waals surface area contributed by atoms with Gasteiger partial charge in [-0.2, -0.15) is 4.39 Å². The van der Waals surface area contributed by atoms with Gasteiger partial charge in [-0.25, -0.2) is 13.1 Å². The van der Waals surface area contributed by atoms with Gasteiger partial charge in [-0.3, -0.25) is 10.1 Å². The number of nitrogens with one attached hydrogen (secondary N) is 1. The van der Waals surface area contributed by atoms with E-state index in [1.165, 1.54) is 0 Å². The van der Waals surface area contributed by atoms with E-state index in [2.05, 4.69) is 4.72 Å². The zero-order valence-corrected chi connectivity index (χ0v) is 12.3. The molecule has 1 aromatic carbocycles. The van der Waals surface area contributed by atoms with Crippen LogP contribution >= 0.6 is 0 Å². The SMILES string of the molecule is CC(C)(C)CCNS(=O)(=O)c1ccc([N+](=O)[O-])c(F)c1. The Morgan fingerprint density at radius 3 is 2.40 bits per heavy atom. The molecule has 112 valence electrons. The van der Waals surface area contributed by atoms with Gasteiger partial charge < -0.3 is 0 Å². The molecular weight excluding hydrogens is 287 g/mol. The van der Waals surface area contributed by atoms with Gasteiger partial charge >= 0.3 is 5.69 Å². The topological polar surface area (TPSA) is 89.3 Å². The summed E-state index contributed by atoms with van der Waals surface area (Å²) >= 11 is 0. The Balaban J connectivity index is 2.88. The zero-order valence-electron chi connectivity index (χ0n) is 11.5. The quantitative estimate of drug-likeness (QED) is 0.668. The third-order valence-electron chi connectivity index (χ3n) is 2.59. The monoisotopic (exact) mass is 304 g/mol. The van der Waals surface area contributed by atoms with Gasteiger partial charge in [0.25, 0.3) is 0 Å². The molecule has 20 heavy (non-hydrogen) atoms. The van der Waals surface area contributed by atoms with E-state index < -0.39 is 26.5 Å². The third-order valence-corrected chi connectivity index (χ3v) is 4.05. The van der Waals surface area contributed by atoms with Crippen molar-refractivity contribution in [3.8, 4) is 0 Å². The normalized spacial score (nSPS) is 12.4. The van der Waals surface area contributed by atoms with Crippen LogP contribution in [0.2, 0.25) is 0 Å². The lowest BCUT2D eigenvalue weighted by molar-refractivity contribution is -0.387. The molecule has 1 rings (SSSR count). The van der Waals surface area contributed by atoms with Crippen molar-refractivity contribution in [3.05, 3.63) is 34.1 Å². The van der Waals surface area contributed by atoms with Gasteiger partial charge in [0.05, 0.1) is 9.82 Å². The lowest BCUT2D eigenvalue weighted by atomic mass is 9.93. The minimum absolute atomic E-state index is 0.0384. The average Bonchev–Trinajstić information content (AvgIpc) is 2.26. The van der Waals surface area contributed by atoms with Crippen molar-refractivity contribution in [1.82, 2.24) is 4.72 Å². The number of nitro groups is 1. The Kier molecular flexibility index (Phi) is 4.82. The predicted molar refractivity (Wildman–Crippen MR) is 72.3 cm³/mol. The molecule has 0 aliphatic rings. The summed E-state index contributed by atoms with van der Waals surface area (Å²) in [6, 6.07) is 2.51. The maximum Gasteiger partial charge on any atom is 0.304 e. The highest BCUT2D eigenvalue weighted by molar-refractivity contribution is 7.89. The van der Waals surface area contributed by atoms with E-state index in [1.54, 1.807) is 0 Å². The first-order chi connectivity index (χ1) is 9.03. The van der Waals surface area contributed by atoms with Crippen LogP contribution in [-0.2, 0) is 10.0 Å². The molecule has 0 aromatic heterocycles. The van der Waals surface area contributed by atoms with Crippen LogP contribution in [-0.4, -0.2) is 19.9 Å². The summed E-state index contributed by atoms with van der Waals surface area (Å²) in [5.74, 6) is -1.17. The second-order valence-electron chi connectivity index (χ2n) is 5.58. The van der Waals surface area contributed by atoms with E-state index in [1.807, 2.05) is 20.8 Å². The number of hydrogen-bond donors (Lipinski definition) is 1. The third kappa shape index (κ3) is 4.53. The summed E-state index contributed by atoms with van der Waals surface area (Å²) in [5.41, 5.74) is -0.790. The summed E-state index contributed by atoms with van der Waals surface area (Å²) in [4.78, 5) is 9.24. The minimum Gasteiger partial charge on any atom is -0.258 e. The molecule has 8 heteroatoms. The first-order valence-corrected chi connectivity index (χ1v) is 7.45. The van der Waals surface area contributed by atoms with Crippen LogP contribution in [0.25, 0.3) is 0 Å². The molecular formula is C12H17FN2O4S. The molecule has 0 atom stereocenters. The second kappa shape index (κ2) is 5.84. The molecule has 0 saturated carbocycles. The molecule has 0 aliphatic carbocycles. The summed E-state index contributed by atoms with van der Waals surface area (Å²) in [5, 5.41) is 10.5. The number of halogens is 1. The molecule has 0 radical (unpaired) electrons. The van der Waals surface area contributed by atoms with Gasteiger partial charge in [0, 0.05) is 18.7 Å². The highest BCUT2D eigenvalue weighted by Gasteiger charge is 2.21. The molecule has 0 unspecified atom stereocenters. The number of benzene rings is 1. The fourth-order valence-corrected chi connectivity index (χ4v) is 2.49. The predicted octanol–water partition coefficient (Wildman–Crippen LogP) is 2.45. The van der Waals surface area contributed by atoms with Crippen LogP contribution in [0.1, 0.15) is 27.2 Å². The molecule has 0 fully saturated rings. The van der Waals surface area contributed by atoms with E-state index in [4.69, 9.17) is 0 Å². The smallest absolute Gasteiger partial charge is 0.258 e. The molecule has 1 N–H and O–H groups in total. The molecule has 0 amide bonds. The molecule has 0 heterocycles. The lowest BCUT2D eigenvalue weighted by Crippen LogP contribution is -2.27. The summed E-state index contributed by atoms with van der Waals surface area (Å²) in [7, 11) is -3.86. The molecule has 0 bridgehead atoms. The van der Waals surface area contributed by atoms with Crippen LogP contribution in [0.5, 0.6) is 0 Å². The largest absolute Gasteiger partial charge is 0.304 e. The van der Waals surface area contributed by atoms with Crippen molar-refractivity contribution in [1.29, 1.82) is 0 Å². The van der Waals surface area contributed by atoms with E-state index in [0.717, 1.165) is 12.1 Å². The van der Waals surface area contributed by atoms with Gasteiger partial charge in [-0.15, -0.1) is 0 Å². The van der Waals surface area contributed by atoms with Gasteiger partial charge in [0.2, 0.25) is 15.8 Å². The van der Waals surface area contributed by atoms with Crippen molar-refractivity contribution in [3.63, 3.8) is 0 Å². The van der Waals surface area contributed by atoms with E-state index >= 15 is 0 Å².